The number of nitrogens with zero attached hydrogens (tertiary/aromatic N) is 1. The third-order valence-corrected chi connectivity index (χ3v) is 3.94. The Kier molecular flexibility index (Phi) is 4.15. The van der Waals surface area contributed by atoms with E-state index in [9.17, 15) is 4.79 Å². The molecule has 2 aliphatic rings. The van der Waals surface area contributed by atoms with Crippen LogP contribution in [0.2, 0.25) is 0 Å². The number of methoxy groups -OCH3 is 1. The molecule has 1 atom stereocenters. The Balaban J connectivity index is 1.51. The number of hydrogen-bond acceptors (Lipinski definition) is 4. The van der Waals surface area contributed by atoms with Crippen molar-refractivity contribution < 1.29 is 14.3 Å². The highest BCUT2D eigenvalue weighted by atomic mass is 16.5. The number of fused-ring (bicyclic) bond motifs is 1. The van der Waals surface area contributed by atoms with E-state index in [0.717, 1.165) is 49.7 Å². The van der Waals surface area contributed by atoms with Crippen LogP contribution in [0, 0.1) is 0 Å². The summed E-state index contributed by atoms with van der Waals surface area (Å²) in [6.45, 7) is 3.67. The van der Waals surface area contributed by atoms with Crippen LogP contribution in [0.1, 0.15) is 5.56 Å². The minimum Gasteiger partial charge on any atom is -0.493 e. The van der Waals surface area contributed by atoms with Gasteiger partial charge in [0.25, 0.3) is 0 Å². The molecule has 2 aliphatic heterocycles. The first-order valence-electron chi connectivity index (χ1n) is 7.33. The van der Waals surface area contributed by atoms with Crippen molar-refractivity contribution in [1.82, 2.24) is 15.5 Å². The van der Waals surface area contributed by atoms with Gasteiger partial charge in [-0.25, -0.2) is 4.79 Å². The third kappa shape index (κ3) is 3.05. The molecule has 6 nitrogen and oxygen atoms in total. The van der Waals surface area contributed by atoms with Gasteiger partial charge in [0, 0.05) is 32.2 Å². The van der Waals surface area contributed by atoms with E-state index in [1.807, 2.05) is 17.0 Å². The highest BCUT2D eigenvalue weighted by Crippen LogP contribution is 2.34. The van der Waals surface area contributed by atoms with Crippen LogP contribution in [0.25, 0.3) is 0 Å². The fourth-order valence-corrected chi connectivity index (χ4v) is 2.81. The standard InChI is InChI=1S/C15H21N3O3/c1-20-13-4-2-3-11-9-12(10-21-14(11)13)16-5-7-18-8-6-17-15(18)19/h2-4,12,16H,5-10H2,1H3,(H,17,19)/t12-/m0/s1. The Labute approximate surface area is 124 Å². The van der Waals surface area contributed by atoms with Crippen molar-refractivity contribution in [1.29, 1.82) is 0 Å². The zero-order valence-electron chi connectivity index (χ0n) is 12.2. The summed E-state index contributed by atoms with van der Waals surface area (Å²) in [7, 11) is 1.66. The molecule has 21 heavy (non-hydrogen) atoms. The molecule has 0 saturated carbocycles. The van der Waals surface area contributed by atoms with Crippen molar-refractivity contribution >= 4 is 6.03 Å². The summed E-state index contributed by atoms with van der Waals surface area (Å²) in [6.07, 6.45) is 0.915. The normalized spacial score (nSPS) is 20.7. The molecule has 1 fully saturated rings. The molecule has 0 bridgehead atoms. The summed E-state index contributed by atoms with van der Waals surface area (Å²) < 4.78 is 11.1. The lowest BCUT2D eigenvalue weighted by molar-refractivity contribution is 0.209. The summed E-state index contributed by atoms with van der Waals surface area (Å²) in [5.74, 6) is 1.65. The number of rotatable bonds is 5. The summed E-state index contributed by atoms with van der Waals surface area (Å²) in [5, 5.41) is 6.26. The molecule has 1 aromatic carbocycles. The maximum absolute atomic E-state index is 11.4. The monoisotopic (exact) mass is 291 g/mol. The first-order chi connectivity index (χ1) is 10.3. The van der Waals surface area contributed by atoms with E-state index < -0.39 is 0 Å². The lowest BCUT2D eigenvalue weighted by Crippen LogP contribution is -2.43. The fourth-order valence-electron chi connectivity index (χ4n) is 2.81. The largest absolute Gasteiger partial charge is 0.493 e. The number of benzene rings is 1. The topological polar surface area (TPSA) is 62.8 Å². The lowest BCUT2D eigenvalue weighted by atomic mass is 10.0. The van der Waals surface area contributed by atoms with Gasteiger partial charge in [-0.05, 0) is 18.1 Å². The van der Waals surface area contributed by atoms with Crippen LogP contribution in [0.4, 0.5) is 4.79 Å². The summed E-state index contributed by atoms with van der Waals surface area (Å²) in [5.41, 5.74) is 1.16. The van der Waals surface area contributed by atoms with E-state index in [0.29, 0.717) is 6.61 Å². The second-order valence-electron chi connectivity index (χ2n) is 5.33. The van der Waals surface area contributed by atoms with Crippen LogP contribution in [0.5, 0.6) is 11.5 Å². The van der Waals surface area contributed by atoms with Gasteiger partial charge in [0.05, 0.1) is 7.11 Å². The molecule has 0 radical (unpaired) electrons. The molecule has 114 valence electrons. The van der Waals surface area contributed by atoms with Gasteiger partial charge in [0.2, 0.25) is 0 Å². The maximum atomic E-state index is 11.4. The molecular formula is C15H21N3O3. The van der Waals surface area contributed by atoms with Gasteiger partial charge in [0.15, 0.2) is 11.5 Å². The molecule has 0 aromatic heterocycles. The molecule has 2 N–H and O–H groups in total. The Morgan fingerprint density at radius 2 is 2.43 bits per heavy atom. The Morgan fingerprint density at radius 1 is 1.52 bits per heavy atom. The van der Waals surface area contributed by atoms with E-state index >= 15 is 0 Å². The SMILES string of the molecule is COc1cccc2c1OC[C@@H](NCCN1CCNC1=O)C2. The quantitative estimate of drug-likeness (QED) is 0.834. The van der Waals surface area contributed by atoms with Crippen molar-refractivity contribution in [2.45, 2.75) is 12.5 Å². The van der Waals surface area contributed by atoms with Crippen LogP contribution in [0.15, 0.2) is 18.2 Å². The van der Waals surface area contributed by atoms with Crippen molar-refractivity contribution in [3.63, 3.8) is 0 Å². The number of amides is 2. The van der Waals surface area contributed by atoms with E-state index in [-0.39, 0.29) is 12.1 Å². The van der Waals surface area contributed by atoms with E-state index in [1.54, 1.807) is 7.11 Å². The molecule has 0 spiro atoms. The highest BCUT2D eigenvalue weighted by molar-refractivity contribution is 5.76. The number of nitrogens with one attached hydrogen (secondary N) is 2. The summed E-state index contributed by atoms with van der Waals surface area (Å²) in [6, 6.07) is 6.28. The van der Waals surface area contributed by atoms with E-state index in [1.165, 1.54) is 0 Å². The first-order valence-corrected chi connectivity index (χ1v) is 7.33. The minimum absolute atomic E-state index is 0.0341. The predicted molar refractivity (Wildman–Crippen MR) is 79.0 cm³/mol. The van der Waals surface area contributed by atoms with Crippen molar-refractivity contribution in [3.8, 4) is 11.5 Å². The summed E-state index contributed by atoms with van der Waals surface area (Å²) >= 11 is 0. The molecule has 0 aliphatic carbocycles. The molecule has 0 unspecified atom stereocenters. The van der Waals surface area contributed by atoms with Crippen LogP contribution in [-0.2, 0) is 6.42 Å². The number of hydrogen-bond donors (Lipinski definition) is 2. The lowest BCUT2D eigenvalue weighted by Gasteiger charge is -2.27. The van der Waals surface area contributed by atoms with Crippen molar-refractivity contribution in [3.05, 3.63) is 23.8 Å². The average Bonchev–Trinajstić information content (AvgIpc) is 2.92. The summed E-state index contributed by atoms with van der Waals surface area (Å²) in [4.78, 5) is 13.3. The van der Waals surface area contributed by atoms with Crippen molar-refractivity contribution in [2.24, 2.45) is 0 Å². The van der Waals surface area contributed by atoms with Gasteiger partial charge < -0.3 is 25.0 Å². The van der Waals surface area contributed by atoms with Crippen LogP contribution >= 0.6 is 0 Å². The number of urea groups is 1. The maximum Gasteiger partial charge on any atom is 0.317 e. The highest BCUT2D eigenvalue weighted by Gasteiger charge is 2.23. The molecule has 3 rings (SSSR count). The van der Waals surface area contributed by atoms with Gasteiger partial charge in [0.1, 0.15) is 6.61 Å². The average molecular weight is 291 g/mol. The van der Waals surface area contributed by atoms with Gasteiger partial charge in [-0.15, -0.1) is 0 Å². The molecule has 6 heteroatoms. The van der Waals surface area contributed by atoms with Crippen LogP contribution in [-0.4, -0.2) is 56.9 Å². The zero-order chi connectivity index (χ0) is 14.7. The van der Waals surface area contributed by atoms with Gasteiger partial charge in [-0.3, -0.25) is 0 Å². The minimum atomic E-state index is 0.0341. The third-order valence-electron chi connectivity index (χ3n) is 3.94. The molecule has 2 heterocycles. The van der Waals surface area contributed by atoms with Gasteiger partial charge >= 0.3 is 6.03 Å². The number of para-hydroxylation sites is 1. The molecular weight excluding hydrogens is 270 g/mol. The number of carbonyl (C=O) groups is 1. The van der Waals surface area contributed by atoms with Gasteiger partial charge in [-0.2, -0.15) is 0 Å². The molecule has 1 saturated heterocycles. The van der Waals surface area contributed by atoms with E-state index in [2.05, 4.69) is 16.7 Å². The van der Waals surface area contributed by atoms with Crippen LogP contribution in [0.3, 0.4) is 0 Å². The smallest absolute Gasteiger partial charge is 0.317 e. The Morgan fingerprint density at radius 3 is 3.19 bits per heavy atom. The Bertz CT molecular complexity index is 521. The number of carbonyl (C=O) groups excluding carboxylic acids is 1. The van der Waals surface area contributed by atoms with Crippen molar-refractivity contribution in [2.75, 3.05) is 39.9 Å². The van der Waals surface area contributed by atoms with E-state index in [4.69, 9.17) is 9.47 Å². The van der Waals surface area contributed by atoms with Crippen LogP contribution < -0.4 is 20.1 Å². The number of ether oxygens (including phenoxy) is 2. The zero-order valence-corrected chi connectivity index (χ0v) is 12.2. The molecule has 1 aromatic rings. The second-order valence-corrected chi connectivity index (χ2v) is 5.33. The molecule has 2 amide bonds. The predicted octanol–water partition coefficient (Wildman–Crippen LogP) is 0.613. The first kappa shape index (κ1) is 14.0. The Hall–Kier alpha value is -1.95. The van der Waals surface area contributed by atoms with Gasteiger partial charge in [-0.1, -0.05) is 12.1 Å². The second kappa shape index (κ2) is 6.22. The fraction of sp³-hybridized carbons (Fsp3) is 0.533.